The zero-order chi connectivity index (χ0) is 30.1. The number of benzene rings is 7. The van der Waals surface area contributed by atoms with Gasteiger partial charge >= 0.3 is 0 Å². The van der Waals surface area contributed by atoms with Crippen LogP contribution in [-0.4, -0.2) is 4.98 Å². The number of anilines is 2. The lowest BCUT2D eigenvalue weighted by atomic mass is 9.82. The summed E-state index contributed by atoms with van der Waals surface area (Å²) in [5.41, 5.74) is 17.8. The van der Waals surface area contributed by atoms with Gasteiger partial charge in [0.15, 0.2) is 0 Å². The molecular formula is C43H32N2. The molecule has 45 heavy (non-hydrogen) atoms. The van der Waals surface area contributed by atoms with E-state index < -0.39 is 0 Å². The van der Waals surface area contributed by atoms with Crippen molar-refractivity contribution in [2.45, 2.75) is 20.3 Å². The summed E-state index contributed by atoms with van der Waals surface area (Å²) in [6.07, 6.45) is 0.899. The molecule has 8 aromatic rings. The monoisotopic (exact) mass is 576 g/mol. The third kappa shape index (κ3) is 3.89. The Bertz CT molecular complexity index is 2440. The van der Waals surface area contributed by atoms with Crippen molar-refractivity contribution in [1.82, 2.24) is 4.98 Å². The molecule has 0 amide bonds. The number of fused-ring (bicyclic) bond motifs is 7. The highest BCUT2D eigenvalue weighted by Gasteiger charge is 2.31. The summed E-state index contributed by atoms with van der Waals surface area (Å²) in [5, 5.41) is 8.96. The molecule has 0 fully saturated rings. The second kappa shape index (κ2) is 9.97. The van der Waals surface area contributed by atoms with Crippen LogP contribution in [-0.2, 0) is 6.42 Å². The summed E-state index contributed by atoms with van der Waals surface area (Å²) < 4.78 is 0. The van der Waals surface area contributed by atoms with Crippen molar-refractivity contribution in [3.63, 3.8) is 0 Å². The van der Waals surface area contributed by atoms with Gasteiger partial charge in [-0.1, -0.05) is 121 Å². The summed E-state index contributed by atoms with van der Waals surface area (Å²) in [6.45, 7) is 4.61. The number of H-pyrrole nitrogens is 1. The summed E-state index contributed by atoms with van der Waals surface area (Å²) in [5.74, 6) is 0. The van der Waals surface area contributed by atoms with Gasteiger partial charge in [-0.25, -0.2) is 0 Å². The van der Waals surface area contributed by atoms with E-state index in [1.165, 1.54) is 93.9 Å². The Balaban J connectivity index is 1.39. The molecular weight excluding hydrogens is 544 g/mol. The molecule has 0 spiro atoms. The summed E-state index contributed by atoms with van der Waals surface area (Å²) in [7, 11) is 0. The van der Waals surface area contributed by atoms with E-state index in [0.29, 0.717) is 0 Å². The normalized spacial score (nSPS) is 12.1. The third-order valence-electron chi connectivity index (χ3n) is 9.89. The Kier molecular flexibility index (Phi) is 5.73. The second-order valence-corrected chi connectivity index (χ2v) is 12.3. The van der Waals surface area contributed by atoms with E-state index in [0.717, 1.165) is 12.1 Å². The van der Waals surface area contributed by atoms with Crippen molar-refractivity contribution in [1.29, 1.82) is 0 Å². The fraction of sp³-hybridized carbons (Fsp3) is 0.0698. The van der Waals surface area contributed by atoms with Gasteiger partial charge < -0.3 is 10.3 Å². The Hall–Kier alpha value is -5.60. The first kappa shape index (κ1) is 25.9. The van der Waals surface area contributed by atoms with Gasteiger partial charge in [-0.2, -0.15) is 0 Å². The Morgan fingerprint density at radius 1 is 0.533 bits per heavy atom. The highest BCUT2D eigenvalue weighted by molar-refractivity contribution is 6.17. The second-order valence-electron chi connectivity index (χ2n) is 12.3. The van der Waals surface area contributed by atoms with Crippen molar-refractivity contribution in [3.05, 3.63) is 156 Å². The molecule has 214 valence electrons. The van der Waals surface area contributed by atoms with Crippen molar-refractivity contribution in [2.75, 3.05) is 5.32 Å². The highest BCUT2D eigenvalue weighted by atomic mass is 14.9. The first-order valence-corrected chi connectivity index (χ1v) is 15.8. The summed E-state index contributed by atoms with van der Waals surface area (Å²) in [6, 6.07) is 48.3. The van der Waals surface area contributed by atoms with Crippen LogP contribution < -0.4 is 5.32 Å². The Morgan fingerprint density at radius 2 is 1.27 bits per heavy atom. The van der Waals surface area contributed by atoms with E-state index in [2.05, 4.69) is 158 Å². The molecule has 0 saturated heterocycles. The zero-order valence-electron chi connectivity index (χ0n) is 25.4. The maximum absolute atomic E-state index is 3.97. The van der Waals surface area contributed by atoms with Crippen LogP contribution in [0, 0.1) is 13.8 Å². The van der Waals surface area contributed by atoms with E-state index >= 15 is 0 Å². The molecule has 0 atom stereocenters. The largest absolute Gasteiger partial charge is 0.355 e. The SMILES string of the molecule is Cc1c(C)c(-c2c(-c3ccccc3)ccc3c2[nH]c2ccccc23)c2c(c1Nc1cccc3ccccc13)Cc1ccccc1-2. The molecule has 0 bridgehead atoms. The molecule has 1 aliphatic rings. The molecule has 2 nitrogen and oxygen atoms in total. The molecule has 0 saturated carbocycles. The van der Waals surface area contributed by atoms with Crippen LogP contribution in [0.3, 0.4) is 0 Å². The molecule has 2 N–H and O–H groups in total. The minimum absolute atomic E-state index is 0.899. The molecule has 0 unspecified atom stereocenters. The van der Waals surface area contributed by atoms with Crippen molar-refractivity contribution < 1.29 is 0 Å². The van der Waals surface area contributed by atoms with Crippen LogP contribution >= 0.6 is 0 Å². The third-order valence-corrected chi connectivity index (χ3v) is 9.89. The average Bonchev–Trinajstić information content (AvgIpc) is 3.66. The Labute approximate surface area is 263 Å². The van der Waals surface area contributed by atoms with Crippen molar-refractivity contribution in [3.8, 4) is 33.4 Å². The van der Waals surface area contributed by atoms with Gasteiger partial charge in [0.1, 0.15) is 0 Å². The minimum Gasteiger partial charge on any atom is -0.355 e. The minimum atomic E-state index is 0.899. The van der Waals surface area contributed by atoms with E-state index in [9.17, 15) is 0 Å². The van der Waals surface area contributed by atoms with Gasteiger partial charge in [0, 0.05) is 45.0 Å². The molecule has 0 radical (unpaired) electrons. The highest BCUT2D eigenvalue weighted by Crippen LogP contribution is 2.53. The maximum atomic E-state index is 3.97. The smallest absolute Gasteiger partial charge is 0.0551 e. The molecule has 1 aromatic heterocycles. The lowest BCUT2D eigenvalue weighted by Gasteiger charge is -2.24. The number of hydrogen-bond acceptors (Lipinski definition) is 1. The number of aromatic amines is 1. The molecule has 9 rings (SSSR count). The van der Waals surface area contributed by atoms with Crippen LogP contribution in [0.5, 0.6) is 0 Å². The quantitative estimate of drug-likeness (QED) is 0.214. The van der Waals surface area contributed by atoms with Crippen LogP contribution in [0.2, 0.25) is 0 Å². The lowest BCUT2D eigenvalue weighted by molar-refractivity contribution is 1.23. The number of hydrogen-bond donors (Lipinski definition) is 2. The predicted octanol–water partition coefficient (Wildman–Crippen LogP) is 11.7. The molecule has 2 heteroatoms. The number of rotatable bonds is 4. The van der Waals surface area contributed by atoms with Gasteiger partial charge in [-0.3, -0.25) is 0 Å². The first-order chi connectivity index (χ1) is 22.2. The standard InChI is InChI=1S/C43H32N2/c1-26-27(2)42(44-37-22-12-17-28-15-6-8-18-31(28)37)36-25-30-16-7-9-19-32(30)40(36)39(26)41-33(29-13-4-3-5-14-29)23-24-35-34-20-10-11-21-38(34)45-43(35)41/h3-24,44-45H,25H2,1-2H3. The van der Waals surface area contributed by atoms with Gasteiger partial charge in [0.2, 0.25) is 0 Å². The molecule has 7 aromatic carbocycles. The first-order valence-electron chi connectivity index (χ1n) is 15.8. The van der Waals surface area contributed by atoms with Crippen molar-refractivity contribution >= 4 is 44.0 Å². The molecule has 0 aliphatic heterocycles. The van der Waals surface area contributed by atoms with E-state index in [-0.39, 0.29) is 0 Å². The van der Waals surface area contributed by atoms with Gasteiger partial charge in [-0.15, -0.1) is 0 Å². The zero-order valence-corrected chi connectivity index (χ0v) is 25.4. The number of nitrogens with one attached hydrogen (secondary N) is 2. The van der Waals surface area contributed by atoms with Crippen LogP contribution in [0.1, 0.15) is 22.3 Å². The maximum Gasteiger partial charge on any atom is 0.0551 e. The van der Waals surface area contributed by atoms with E-state index in [1.807, 2.05) is 0 Å². The summed E-state index contributed by atoms with van der Waals surface area (Å²) >= 11 is 0. The van der Waals surface area contributed by atoms with Crippen molar-refractivity contribution in [2.24, 2.45) is 0 Å². The number of aromatic nitrogens is 1. The van der Waals surface area contributed by atoms with Crippen LogP contribution in [0.15, 0.2) is 133 Å². The van der Waals surface area contributed by atoms with Gasteiger partial charge in [-0.05, 0) is 81.4 Å². The van der Waals surface area contributed by atoms with Crippen LogP contribution in [0.25, 0.3) is 66.0 Å². The number of para-hydroxylation sites is 1. The fourth-order valence-electron chi connectivity index (χ4n) is 7.63. The fourth-order valence-corrected chi connectivity index (χ4v) is 7.63. The topological polar surface area (TPSA) is 27.8 Å². The van der Waals surface area contributed by atoms with Gasteiger partial charge in [0.25, 0.3) is 0 Å². The Morgan fingerprint density at radius 3 is 2.16 bits per heavy atom. The van der Waals surface area contributed by atoms with Gasteiger partial charge in [0.05, 0.1) is 5.52 Å². The lowest BCUT2D eigenvalue weighted by Crippen LogP contribution is -2.04. The van der Waals surface area contributed by atoms with Crippen LogP contribution in [0.4, 0.5) is 11.4 Å². The van der Waals surface area contributed by atoms with E-state index in [1.54, 1.807) is 0 Å². The predicted molar refractivity (Wildman–Crippen MR) is 192 cm³/mol. The summed E-state index contributed by atoms with van der Waals surface area (Å²) in [4.78, 5) is 3.88. The van der Waals surface area contributed by atoms with E-state index in [4.69, 9.17) is 0 Å². The molecule has 1 aliphatic carbocycles. The average molecular weight is 577 g/mol. The molecule has 1 heterocycles.